The van der Waals surface area contributed by atoms with Gasteiger partial charge in [0.05, 0.1) is 23.8 Å². The average molecular weight is 458 g/mol. The Hall–Kier alpha value is -2.74. The predicted molar refractivity (Wildman–Crippen MR) is 126 cm³/mol. The number of nitrogens with zero attached hydrogens (tertiary/aromatic N) is 2. The van der Waals surface area contributed by atoms with E-state index in [0.29, 0.717) is 18.0 Å². The molecule has 1 aliphatic carbocycles. The number of carbonyl (C=O) groups is 1. The van der Waals surface area contributed by atoms with Gasteiger partial charge in [-0.1, -0.05) is 12.8 Å². The summed E-state index contributed by atoms with van der Waals surface area (Å²) in [5.41, 5.74) is 1.88. The van der Waals surface area contributed by atoms with Crippen LogP contribution in [0, 0.1) is 0 Å². The Morgan fingerprint density at radius 1 is 0.969 bits per heavy atom. The lowest BCUT2D eigenvalue weighted by Gasteiger charge is -2.36. The minimum Gasteiger partial charge on any atom is -0.497 e. The van der Waals surface area contributed by atoms with Crippen molar-refractivity contribution >= 4 is 27.1 Å². The molecule has 0 aromatic heterocycles. The van der Waals surface area contributed by atoms with Crippen LogP contribution in [0.25, 0.3) is 0 Å². The van der Waals surface area contributed by atoms with Gasteiger partial charge in [-0.15, -0.1) is 0 Å². The van der Waals surface area contributed by atoms with Crippen LogP contribution in [-0.4, -0.2) is 64.3 Å². The van der Waals surface area contributed by atoms with E-state index in [1.807, 2.05) is 29.2 Å². The highest BCUT2D eigenvalue weighted by molar-refractivity contribution is 7.92. The minimum absolute atomic E-state index is 0.0436. The first kappa shape index (κ1) is 22.5. The van der Waals surface area contributed by atoms with Gasteiger partial charge in [0.2, 0.25) is 5.91 Å². The molecule has 0 unspecified atom stereocenters. The first-order valence-corrected chi connectivity index (χ1v) is 12.8. The number of amides is 1. The summed E-state index contributed by atoms with van der Waals surface area (Å²) < 4.78 is 30.6. The highest BCUT2D eigenvalue weighted by Crippen LogP contribution is 2.30. The number of sulfone groups is 1. The van der Waals surface area contributed by atoms with Gasteiger partial charge in [0.1, 0.15) is 5.75 Å². The van der Waals surface area contributed by atoms with Crippen molar-refractivity contribution in [2.45, 2.75) is 35.8 Å². The number of carbonyl (C=O) groups excluding carboxylic acids is 1. The number of ether oxygens (including phenoxy) is 1. The third-order valence-corrected chi connectivity index (χ3v) is 8.72. The summed E-state index contributed by atoms with van der Waals surface area (Å²) in [4.78, 5) is 17.1. The second-order valence-electron chi connectivity index (χ2n) is 8.40. The van der Waals surface area contributed by atoms with Gasteiger partial charge in [-0.05, 0) is 61.4 Å². The van der Waals surface area contributed by atoms with Gasteiger partial charge in [0.25, 0.3) is 0 Å². The molecule has 2 aliphatic rings. The summed E-state index contributed by atoms with van der Waals surface area (Å²) in [6.45, 7) is 3.10. The fourth-order valence-electron chi connectivity index (χ4n) is 4.45. The Bertz CT molecular complexity index is 1010. The summed E-state index contributed by atoms with van der Waals surface area (Å²) in [5, 5.41) is 2.88. The maximum atomic E-state index is 12.7. The van der Waals surface area contributed by atoms with E-state index in [4.69, 9.17) is 4.74 Å². The molecule has 2 aromatic rings. The molecule has 2 fully saturated rings. The number of piperazine rings is 1. The van der Waals surface area contributed by atoms with Crippen molar-refractivity contribution in [3.63, 3.8) is 0 Å². The number of hydrogen-bond donors (Lipinski definition) is 1. The highest BCUT2D eigenvalue weighted by Gasteiger charge is 2.30. The van der Waals surface area contributed by atoms with Crippen LogP contribution in [0.4, 0.5) is 11.4 Å². The molecule has 1 aliphatic heterocycles. The molecule has 1 saturated heterocycles. The normalized spacial score (nSPS) is 17.4. The summed E-state index contributed by atoms with van der Waals surface area (Å²) >= 11 is 0. The maximum absolute atomic E-state index is 12.7. The lowest BCUT2D eigenvalue weighted by molar-refractivity contribution is -0.129. The van der Waals surface area contributed by atoms with Crippen LogP contribution < -0.4 is 15.0 Å². The maximum Gasteiger partial charge on any atom is 0.241 e. The van der Waals surface area contributed by atoms with Crippen molar-refractivity contribution in [1.29, 1.82) is 0 Å². The summed E-state index contributed by atoms with van der Waals surface area (Å²) in [6, 6.07) is 14.8. The molecule has 1 N–H and O–H groups in total. The Kier molecular flexibility index (Phi) is 6.89. The Balaban J connectivity index is 1.26. The van der Waals surface area contributed by atoms with Gasteiger partial charge in [-0.2, -0.15) is 0 Å². The van der Waals surface area contributed by atoms with Crippen LogP contribution in [0.15, 0.2) is 53.4 Å². The number of benzene rings is 2. The van der Waals surface area contributed by atoms with Crippen LogP contribution in [0.3, 0.4) is 0 Å². The van der Waals surface area contributed by atoms with E-state index in [-0.39, 0.29) is 17.7 Å². The van der Waals surface area contributed by atoms with E-state index in [2.05, 4.69) is 10.2 Å². The average Bonchev–Trinajstić information content (AvgIpc) is 3.39. The summed E-state index contributed by atoms with van der Waals surface area (Å²) in [5.74, 6) is 0.875. The fourth-order valence-corrected chi connectivity index (χ4v) is 6.30. The third kappa shape index (κ3) is 5.01. The van der Waals surface area contributed by atoms with Crippen molar-refractivity contribution in [3.05, 3.63) is 48.5 Å². The van der Waals surface area contributed by atoms with Gasteiger partial charge < -0.3 is 19.9 Å². The topological polar surface area (TPSA) is 79.0 Å². The largest absolute Gasteiger partial charge is 0.497 e. The molecule has 32 heavy (non-hydrogen) atoms. The quantitative estimate of drug-likeness (QED) is 0.688. The second-order valence-corrected chi connectivity index (χ2v) is 10.6. The number of nitrogens with one attached hydrogen (secondary N) is 1. The number of anilines is 2. The Labute approximate surface area is 190 Å². The molecule has 1 heterocycles. The van der Waals surface area contributed by atoms with E-state index in [1.54, 1.807) is 31.4 Å². The van der Waals surface area contributed by atoms with Gasteiger partial charge in [-0.25, -0.2) is 8.42 Å². The van der Waals surface area contributed by atoms with Gasteiger partial charge >= 0.3 is 0 Å². The Morgan fingerprint density at radius 2 is 1.59 bits per heavy atom. The summed E-state index contributed by atoms with van der Waals surface area (Å²) in [6.07, 6.45) is 3.48. The third-order valence-electron chi connectivity index (χ3n) is 6.44. The number of methoxy groups -OCH3 is 1. The van der Waals surface area contributed by atoms with Crippen LogP contribution in [0.2, 0.25) is 0 Å². The number of rotatable bonds is 7. The molecule has 0 atom stereocenters. The first-order valence-electron chi connectivity index (χ1n) is 11.2. The monoisotopic (exact) mass is 457 g/mol. The summed E-state index contributed by atoms with van der Waals surface area (Å²) in [7, 11) is -1.60. The van der Waals surface area contributed by atoms with Crippen molar-refractivity contribution < 1.29 is 17.9 Å². The number of hydrogen-bond acceptors (Lipinski definition) is 6. The smallest absolute Gasteiger partial charge is 0.241 e. The fraction of sp³-hybridized carbons (Fsp3) is 0.458. The molecular formula is C24H31N3O4S. The molecule has 0 radical (unpaired) electrons. The highest BCUT2D eigenvalue weighted by atomic mass is 32.2. The molecule has 8 heteroatoms. The van der Waals surface area contributed by atoms with Crippen molar-refractivity contribution in [2.24, 2.45) is 0 Å². The molecule has 2 aromatic carbocycles. The van der Waals surface area contributed by atoms with E-state index in [9.17, 15) is 13.2 Å². The van der Waals surface area contributed by atoms with E-state index < -0.39 is 9.84 Å². The Morgan fingerprint density at radius 3 is 2.19 bits per heavy atom. The van der Waals surface area contributed by atoms with Gasteiger partial charge in [-0.3, -0.25) is 4.79 Å². The minimum atomic E-state index is -3.25. The molecule has 4 rings (SSSR count). The zero-order valence-corrected chi connectivity index (χ0v) is 19.3. The first-order chi connectivity index (χ1) is 15.5. The van der Waals surface area contributed by atoms with Crippen LogP contribution >= 0.6 is 0 Å². The van der Waals surface area contributed by atoms with Crippen LogP contribution in [-0.2, 0) is 14.6 Å². The predicted octanol–water partition coefficient (Wildman–Crippen LogP) is 3.17. The van der Waals surface area contributed by atoms with E-state index in [1.165, 1.54) is 0 Å². The van der Waals surface area contributed by atoms with Gasteiger partial charge in [0.15, 0.2) is 9.84 Å². The molecule has 1 saturated carbocycles. The zero-order valence-electron chi connectivity index (χ0n) is 18.5. The lowest BCUT2D eigenvalue weighted by atomic mass is 10.2. The van der Waals surface area contributed by atoms with Crippen LogP contribution in [0.1, 0.15) is 25.7 Å². The van der Waals surface area contributed by atoms with Crippen LogP contribution in [0.5, 0.6) is 5.75 Å². The van der Waals surface area contributed by atoms with E-state index in [0.717, 1.165) is 55.9 Å². The standard InChI is InChI=1S/C24H31N3O4S/c1-31-21-10-8-20(9-11-21)26-14-16-27(17-15-26)24(28)18-25-19-6-12-23(13-7-19)32(29,30)22-4-2-3-5-22/h6-13,22,25H,2-5,14-18H2,1H3. The lowest BCUT2D eigenvalue weighted by Crippen LogP contribution is -2.50. The molecule has 7 nitrogen and oxygen atoms in total. The second kappa shape index (κ2) is 9.81. The SMILES string of the molecule is COc1ccc(N2CCN(C(=O)CNc3ccc(S(=O)(=O)C4CCCC4)cc3)CC2)cc1. The van der Waals surface area contributed by atoms with Crippen molar-refractivity contribution in [1.82, 2.24) is 4.90 Å². The van der Waals surface area contributed by atoms with Crippen molar-refractivity contribution in [2.75, 3.05) is 50.1 Å². The zero-order chi connectivity index (χ0) is 22.6. The molecule has 1 amide bonds. The molecule has 0 spiro atoms. The van der Waals surface area contributed by atoms with E-state index >= 15 is 0 Å². The van der Waals surface area contributed by atoms with Crippen molar-refractivity contribution in [3.8, 4) is 5.75 Å². The molecule has 172 valence electrons. The van der Waals surface area contributed by atoms with Gasteiger partial charge in [0, 0.05) is 37.6 Å². The molecule has 0 bridgehead atoms. The molecular weight excluding hydrogens is 426 g/mol.